The Hall–Kier alpha value is -2.78. The number of hydrogen-bond donors (Lipinski definition) is 2. The van der Waals surface area contributed by atoms with Gasteiger partial charge in [-0.15, -0.1) is 0 Å². The van der Waals surface area contributed by atoms with Gasteiger partial charge in [0, 0.05) is 51.8 Å². The third-order valence-corrected chi connectivity index (χ3v) is 8.91. The molecular weight excluding hydrogens is 466 g/mol. The van der Waals surface area contributed by atoms with Crippen molar-refractivity contribution < 1.29 is 14.3 Å². The second kappa shape index (κ2) is 10.2. The summed E-state index contributed by atoms with van der Waals surface area (Å²) in [5.41, 5.74) is 9.82. The van der Waals surface area contributed by atoms with Crippen molar-refractivity contribution in [3.8, 4) is 0 Å². The molecule has 8 nitrogen and oxygen atoms in total. The molecule has 37 heavy (non-hydrogen) atoms. The zero-order chi connectivity index (χ0) is 25.4. The standard InChI is InChI=1S/C29H37N5O3/c1-37-16-15-33-28(36)34(25-17-22-9-5-6-10-23(22)18-25)27(35)29(33)11-13-32(14-12-29)20-24-19-30-31-26(24)21-7-3-2-4-8-21/h2-10,24-26,30-31H,11-20H2,1H3. The van der Waals surface area contributed by atoms with Crippen LogP contribution in [0.5, 0.6) is 0 Å². The minimum absolute atomic E-state index is 0.00239. The van der Waals surface area contributed by atoms with Crippen molar-refractivity contribution >= 4 is 11.9 Å². The summed E-state index contributed by atoms with van der Waals surface area (Å²) in [6.45, 7) is 4.36. The number of fused-ring (bicyclic) bond motifs is 1. The average Bonchev–Trinajstić information content (AvgIpc) is 3.61. The normalized spacial score (nSPS) is 26.0. The van der Waals surface area contributed by atoms with Gasteiger partial charge in [0.2, 0.25) is 0 Å². The molecule has 1 spiro atoms. The number of likely N-dealkylation sites (tertiary alicyclic amines) is 1. The molecular formula is C29H37N5O3. The molecule has 0 saturated carbocycles. The van der Waals surface area contributed by atoms with Crippen LogP contribution >= 0.6 is 0 Å². The first-order valence-corrected chi connectivity index (χ1v) is 13.6. The molecule has 3 amide bonds. The smallest absolute Gasteiger partial charge is 0.328 e. The number of imide groups is 1. The maximum Gasteiger partial charge on any atom is 0.328 e. The van der Waals surface area contributed by atoms with Gasteiger partial charge in [0.05, 0.1) is 12.6 Å². The highest BCUT2D eigenvalue weighted by molar-refractivity contribution is 6.07. The quantitative estimate of drug-likeness (QED) is 0.565. The fourth-order valence-electron chi connectivity index (χ4n) is 6.91. The Morgan fingerprint density at radius 2 is 1.65 bits per heavy atom. The minimum atomic E-state index is -0.758. The largest absolute Gasteiger partial charge is 0.383 e. The van der Waals surface area contributed by atoms with Crippen molar-refractivity contribution in [3.63, 3.8) is 0 Å². The summed E-state index contributed by atoms with van der Waals surface area (Å²) in [6, 6.07) is 18.9. The van der Waals surface area contributed by atoms with E-state index in [1.165, 1.54) is 16.7 Å². The van der Waals surface area contributed by atoms with E-state index < -0.39 is 5.54 Å². The SMILES string of the molecule is COCCN1C(=O)N(C2Cc3ccccc3C2)C(=O)C12CCN(CC1CNNC1c1ccccc1)CC2. The Morgan fingerprint density at radius 3 is 2.32 bits per heavy atom. The fourth-order valence-corrected chi connectivity index (χ4v) is 6.91. The van der Waals surface area contributed by atoms with Gasteiger partial charge < -0.3 is 14.5 Å². The van der Waals surface area contributed by atoms with Gasteiger partial charge in [-0.25, -0.2) is 10.2 Å². The third kappa shape index (κ3) is 4.36. The van der Waals surface area contributed by atoms with Crippen LogP contribution in [0, 0.1) is 5.92 Å². The van der Waals surface area contributed by atoms with Crippen molar-refractivity contribution in [1.82, 2.24) is 25.6 Å². The highest BCUT2D eigenvalue weighted by Gasteiger charge is 2.59. The van der Waals surface area contributed by atoms with Crippen LogP contribution in [-0.4, -0.2) is 84.7 Å². The summed E-state index contributed by atoms with van der Waals surface area (Å²) >= 11 is 0. The van der Waals surface area contributed by atoms with Gasteiger partial charge in [0.1, 0.15) is 5.54 Å². The predicted octanol–water partition coefficient (Wildman–Crippen LogP) is 2.36. The number of urea groups is 1. The highest BCUT2D eigenvalue weighted by atomic mass is 16.5. The van der Waals surface area contributed by atoms with Crippen molar-refractivity contribution in [2.45, 2.75) is 43.3 Å². The third-order valence-electron chi connectivity index (χ3n) is 8.91. The van der Waals surface area contributed by atoms with E-state index in [1.807, 2.05) is 23.1 Å². The Morgan fingerprint density at radius 1 is 0.973 bits per heavy atom. The first-order chi connectivity index (χ1) is 18.1. The lowest BCUT2D eigenvalue weighted by Crippen LogP contribution is -2.57. The topological polar surface area (TPSA) is 77.2 Å². The van der Waals surface area contributed by atoms with E-state index in [0.717, 1.165) is 39.0 Å². The maximum absolute atomic E-state index is 14.1. The second-order valence-corrected chi connectivity index (χ2v) is 10.9. The van der Waals surface area contributed by atoms with Gasteiger partial charge >= 0.3 is 6.03 Å². The Bertz CT molecular complexity index is 1110. The number of hydrazine groups is 1. The molecule has 3 heterocycles. The Labute approximate surface area is 218 Å². The lowest BCUT2D eigenvalue weighted by molar-refractivity contribution is -0.137. The van der Waals surface area contributed by atoms with E-state index in [4.69, 9.17) is 4.74 Å². The molecule has 2 aromatic rings. The number of ether oxygens (including phenoxy) is 1. The van der Waals surface area contributed by atoms with Crippen molar-refractivity contribution in [2.75, 3.05) is 46.4 Å². The molecule has 2 N–H and O–H groups in total. The lowest BCUT2D eigenvalue weighted by Gasteiger charge is -2.43. The molecule has 3 fully saturated rings. The average molecular weight is 504 g/mol. The van der Waals surface area contributed by atoms with Gasteiger partial charge in [-0.3, -0.25) is 15.1 Å². The number of piperidine rings is 1. The zero-order valence-corrected chi connectivity index (χ0v) is 21.6. The van der Waals surface area contributed by atoms with Gasteiger partial charge in [-0.1, -0.05) is 54.6 Å². The molecule has 0 aromatic heterocycles. The van der Waals surface area contributed by atoms with Crippen LogP contribution in [0.25, 0.3) is 0 Å². The molecule has 3 saturated heterocycles. The summed E-state index contributed by atoms with van der Waals surface area (Å²) < 4.78 is 5.35. The van der Waals surface area contributed by atoms with Gasteiger partial charge in [0.25, 0.3) is 5.91 Å². The second-order valence-electron chi connectivity index (χ2n) is 10.9. The molecule has 3 aliphatic heterocycles. The molecule has 2 unspecified atom stereocenters. The molecule has 0 bridgehead atoms. The number of carbonyl (C=O) groups is 2. The molecule has 1 aliphatic carbocycles. The number of nitrogens with one attached hydrogen (secondary N) is 2. The van der Waals surface area contributed by atoms with Crippen molar-refractivity contribution in [2.24, 2.45) is 5.92 Å². The first kappa shape index (κ1) is 24.6. The van der Waals surface area contributed by atoms with Crippen LogP contribution in [-0.2, 0) is 22.4 Å². The number of benzene rings is 2. The molecule has 0 radical (unpaired) electrons. The van der Waals surface area contributed by atoms with E-state index in [9.17, 15) is 9.59 Å². The number of hydrogen-bond acceptors (Lipinski definition) is 6. The molecule has 4 aliphatic rings. The summed E-state index contributed by atoms with van der Waals surface area (Å²) in [7, 11) is 1.65. The van der Waals surface area contributed by atoms with E-state index in [-0.39, 0.29) is 24.0 Å². The van der Waals surface area contributed by atoms with E-state index in [0.29, 0.717) is 31.9 Å². The molecule has 8 heteroatoms. The fraction of sp³-hybridized carbons (Fsp3) is 0.517. The summed E-state index contributed by atoms with van der Waals surface area (Å²) in [5, 5.41) is 0. The van der Waals surface area contributed by atoms with Crippen LogP contribution in [0.15, 0.2) is 54.6 Å². The highest BCUT2D eigenvalue weighted by Crippen LogP contribution is 2.41. The van der Waals surface area contributed by atoms with E-state index in [1.54, 1.807) is 12.0 Å². The molecule has 196 valence electrons. The van der Waals surface area contributed by atoms with Crippen LogP contribution in [0.1, 0.15) is 35.6 Å². The maximum atomic E-state index is 14.1. The number of amides is 3. The van der Waals surface area contributed by atoms with Crippen LogP contribution in [0.4, 0.5) is 4.79 Å². The minimum Gasteiger partial charge on any atom is -0.383 e. The summed E-state index contributed by atoms with van der Waals surface area (Å²) in [6.07, 6.45) is 2.83. The monoisotopic (exact) mass is 503 g/mol. The van der Waals surface area contributed by atoms with Crippen molar-refractivity contribution in [1.29, 1.82) is 0 Å². The van der Waals surface area contributed by atoms with Gasteiger partial charge in [-0.05, 0) is 42.4 Å². The number of nitrogens with zero attached hydrogens (tertiary/aromatic N) is 3. The molecule has 2 aromatic carbocycles. The van der Waals surface area contributed by atoms with E-state index in [2.05, 4.69) is 52.1 Å². The van der Waals surface area contributed by atoms with Crippen LogP contribution in [0.2, 0.25) is 0 Å². The summed E-state index contributed by atoms with van der Waals surface area (Å²) in [4.78, 5) is 33.7. The van der Waals surface area contributed by atoms with Gasteiger partial charge in [0.15, 0.2) is 0 Å². The predicted molar refractivity (Wildman–Crippen MR) is 141 cm³/mol. The van der Waals surface area contributed by atoms with E-state index >= 15 is 0 Å². The number of carbonyl (C=O) groups excluding carboxylic acids is 2. The summed E-state index contributed by atoms with van der Waals surface area (Å²) in [5.74, 6) is 0.438. The van der Waals surface area contributed by atoms with Crippen LogP contribution < -0.4 is 10.9 Å². The molecule has 2 atom stereocenters. The zero-order valence-electron chi connectivity index (χ0n) is 21.6. The number of rotatable bonds is 7. The van der Waals surface area contributed by atoms with Crippen molar-refractivity contribution in [3.05, 3.63) is 71.3 Å². The van der Waals surface area contributed by atoms with Crippen LogP contribution in [0.3, 0.4) is 0 Å². The lowest BCUT2D eigenvalue weighted by atomic mass is 9.84. The Kier molecular flexibility index (Phi) is 6.75. The first-order valence-electron chi connectivity index (χ1n) is 13.6. The molecule has 6 rings (SSSR count). The number of methoxy groups -OCH3 is 1. The van der Waals surface area contributed by atoms with Gasteiger partial charge in [-0.2, -0.15) is 0 Å². The Balaban J connectivity index is 1.16.